The Hall–Kier alpha value is -0.420. The lowest BCUT2D eigenvalue weighted by molar-refractivity contribution is -0.560. The predicted octanol–water partition coefficient (Wildman–Crippen LogP) is 2.79. The van der Waals surface area contributed by atoms with Crippen molar-refractivity contribution in [3.63, 3.8) is 0 Å². The van der Waals surface area contributed by atoms with Gasteiger partial charge in [0.1, 0.15) is 0 Å². The van der Waals surface area contributed by atoms with Crippen LogP contribution in [-0.2, 0) is 19.2 Å². The molecule has 2 bridgehead atoms. The lowest BCUT2D eigenvalue weighted by atomic mass is 9.60. The van der Waals surface area contributed by atoms with Crippen LogP contribution in [0.1, 0.15) is 39.5 Å². The molecule has 0 aromatic heterocycles. The summed E-state index contributed by atoms with van der Waals surface area (Å²) < 4.78 is 12.0. The monoisotopic (exact) mass is 266 g/mol. The molecule has 0 aromatic rings. The molecule has 19 heavy (non-hydrogen) atoms. The summed E-state index contributed by atoms with van der Waals surface area (Å²) in [5.74, 6) is 0.685. The van der Waals surface area contributed by atoms with Crippen LogP contribution >= 0.6 is 0 Å². The molecule has 4 heteroatoms. The SMILES string of the molecule is C=C1CO[C@@H]2O[C@]3(C)CC[C@H]4[C@H](C)CC[C@@H]1[C@@]24OO3. The Labute approximate surface area is 114 Å². The van der Waals surface area contributed by atoms with Crippen LogP contribution in [0.15, 0.2) is 12.2 Å². The molecule has 0 aromatic carbocycles. The highest BCUT2D eigenvalue weighted by Gasteiger charge is 2.67. The number of ether oxygens (including phenoxy) is 2. The maximum Gasteiger partial charge on any atom is 0.201 e. The molecule has 4 heterocycles. The van der Waals surface area contributed by atoms with Gasteiger partial charge < -0.3 is 9.47 Å². The van der Waals surface area contributed by atoms with E-state index >= 15 is 0 Å². The first-order chi connectivity index (χ1) is 9.05. The maximum atomic E-state index is 6.12. The molecule has 1 saturated carbocycles. The van der Waals surface area contributed by atoms with Crippen molar-refractivity contribution in [2.75, 3.05) is 6.61 Å². The summed E-state index contributed by atoms with van der Waals surface area (Å²) in [4.78, 5) is 11.6. The van der Waals surface area contributed by atoms with Gasteiger partial charge in [-0.25, -0.2) is 9.78 Å². The smallest absolute Gasteiger partial charge is 0.201 e. The molecule has 0 N–H and O–H groups in total. The molecule has 1 aliphatic carbocycles. The fourth-order valence-corrected chi connectivity index (χ4v) is 4.56. The fraction of sp³-hybridized carbons (Fsp3) is 0.867. The lowest BCUT2D eigenvalue weighted by Gasteiger charge is -2.57. The Bertz CT molecular complexity index is 422. The van der Waals surface area contributed by atoms with Crippen LogP contribution in [0.25, 0.3) is 0 Å². The molecule has 0 unspecified atom stereocenters. The van der Waals surface area contributed by atoms with Crippen LogP contribution in [0.5, 0.6) is 0 Å². The third-order valence-electron chi connectivity index (χ3n) is 5.63. The van der Waals surface area contributed by atoms with Crippen molar-refractivity contribution in [3.8, 4) is 0 Å². The van der Waals surface area contributed by atoms with E-state index in [2.05, 4.69) is 13.5 Å². The largest absolute Gasteiger partial charge is 0.345 e. The number of fused-ring (bicyclic) bond motifs is 2. The molecule has 5 rings (SSSR count). The Balaban J connectivity index is 1.83. The molecule has 106 valence electrons. The average Bonchev–Trinajstić information content (AvgIpc) is 2.61. The van der Waals surface area contributed by atoms with Gasteiger partial charge in [0, 0.05) is 12.3 Å². The van der Waals surface area contributed by atoms with E-state index in [1.807, 2.05) is 6.92 Å². The summed E-state index contributed by atoms with van der Waals surface area (Å²) in [6.07, 6.45) is 3.95. The zero-order chi connectivity index (χ0) is 13.3. The zero-order valence-electron chi connectivity index (χ0n) is 11.7. The second kappa shape index (κ2) is 3.82. The highest BCUT2D eigenvalue weighted by molar-refractivity contribution is 5.19. The lowest BCUT2D eigenvalue weighted by Crippen LogP contribution is -2.67. The van der Waals surface area contributed by atoms with E-state index in [1.165, 1.54) is 6.42 Å². The van der Waals surface area contributed by atoms with Crippen molar-refractivity contribution in [1.82, 2.24) is 0 Å². The molecule has 4 nitrogen and oxygen atoms in total. The molecule has 4 aliphatic heterocycles. The van der Waals surface area contributed by atoms with Crippen LogP contribution in [0.4, 0.5) is 0 Å². The van der Waals surface area contributed by atoms with E-state index in [9.17, 15) is 0 Å². The van der Waals surface area contributed by atoms with Gasteiger partial charge in [-0.3, -0.25) is 0 Å². The van der Waals surface area contributed by atoms with Crippen molar-refractivity contribution >= 4 is 0 Å². The molecule has 5 fully saturated rings. The van der Waals surface area contributed by atoms with Gasteiger partial charge in [-0.05, 0) is 43.6 Å². The van der Waals surface area contributed by atoms with E-state index in [0.717, 1.165) is 24.8 Å². The summed E-state index contributed by atoms with van der Waals surface area (Å²) in [7, 11) is 0. The maximum absolute atomic E-state index is 6.12. The number of hydrogen-bond donors (Lipinski definition) is 0. The predicted molar refractivity (Wildman–Crippen MR) is 67.9 cm³/mol. The van der Waals surface area contributed by atoms with Crippen molar-refractivity contribution in [1.29, 1.82) is 0 Å². The summed E-state index contributed by atoms with van der Waals surface area (Å²) >= 11 is 0. The highest BCUT2D eigenvalue weighted by Crippen LogP contribution is 2.59. The second-order valence-electron chi connectivity index (χ2n) is 6.83. The van der Waals surface area contributed by atoms with Crippen LogP contribution in [0.3, 0.4) is 0 Å². The van der Waals surface area contributed by atoms with Gasteiger partial charge >= 0.3 is 0 Å². The van der Waals surface area contributed by atoms with Gasteiger partial charge in [0.05, 0.1) is 6.61 Å². The minimum Gasteiger partial charge on any atom is -0.345 e. The van der Waals surface area contributed by atoms with Gasteiger partial charge in [-0.2, -0.15) is 0 Å². The average molecular weight is 266 g/mol. The Morgan fingerprint density at radius 3 is 2.89 bits per heavy atom. The van der Waals surface area contributed by atoms with E-state index in [1.54, 1.807) is 0 Å². The first-order valence-electron chi connectivity index (χ1n) is 7.39. The van der Waals surface area contributed by atoms with Crippen LogP contribution < -0.4 is 0 Å². The van der Waals surface area contributed by atoms with Crippen LogP contribution in [0, 0.1) is 17.8 Å². The van der Waals surface area contributed by atoms with E-state index in [0.29, 0.717) is 24.4 Å². The molecular weight excluding hydrogens is 244 g/mol. The molecular formula is C15H22O4. The van der Waals surface area contributed by atoms with Gasteiger partial charge in [-0.1, -0.05) is 13.5 Å². The molecule has 0 radical (unpaired) electrons. The summed E-state index contributed by atoms with van der Waals surface area (Å²) in [6.45, 7) is 9.04. The third kappa shape index (κ3) is 1.49. The number of rotatable bonds is 0. The third-order valence-corrected chi connectivity index (χ3v) is 5.63. The Kier molecular flexibility index (Phi) is 2.48. The van der Waals surface area contributed by atoms with Gasteiger partial charge in [0.2, 0.25) is 5.79 Å². The normalized spacial score (nSPS) is 56.6. The zero-order valence-corrected chi connectivity index (χ0v) is 11.7. The second-order valence-corrected chi connectivity index (χ2v) is 6.83. The summed E-state index contributed by atoms with van der Waals surface area (Å²) in [5, 5.41) is 0. The van der Waals surface area contributed by atoms with Crippen molar-refractivity contribution in [3.05, 3.63) is 12.2 Å². The topological polar surface area (TPSA) is 36.9 Å². The standard InChI is InChI=1S/C15H22O4/c1-9-4-5-11-10(2)8-16-13-15(11)12(9)6-7-14(3,17-13)18-19-15/h9,11-13H,2,4-8H2,1,3H3/t9-,11+,12+,13-,14+,15+/m1/s1. The minimum absolute atomic E-state index is 0.301. The van der Waals surface area contributed by atoms with Crippen LogP contribution in [-0.4, -0.2) is 24.3 Å². The molecule has 1 spiro atoms. The van der Waals surface area contributed by atoms with Crippen molar-refractivity contribution in [2.24, 2.45) is 17.8 Å². The summed E-state index contributed by atoms with van der Waals surface area (Å²) in [6, 6.07) is 0. The molecule has 0 amide bonds. The Morgan fingerprint density at radius 2 is 2.05 bits per heavy atom. The quantitative estimate of drug-likeness (QED) is 0.499. The van der Waals surface area contributed by atoms with Gasteiger partial charge in [0.15, 0.2) is 11.9 Å². The molecule has 6 atom stereocenters. The molecule has 4 saturated heterocycles. The van der Waals surface area contributed by atoms with E-state index in [-0.39, 0.29) is 6.29 Å². The molecule has 5 aliphatic rings. The first kappa shape index (κ1) is 12.3. The Morgan fingerprint density at radius 1 is 1.21 bits per heavy atom. The van der Waals surface area contributed by atoms with E-state index < -0.39 is 11.4 Å². The van der Waals surface area contributed by atoms with Crippen molar-refractivity contribution in [2.45, 2.75) is 57.2 Å². The highest BCUT2D eigenvalue weighted by atomic mass is 17.3. The van der Waals surface area contributed by atoms with Crippen molar-refractivity contribution < 1.29 is 19.2 Å². The summed E-state index contributed by atoms with van der Waals surface area (Å²) in [5.41, 5.74) is 0.661. The van der Waals surface area contributed by atoms with Crippen LogP contribution in [0.2, 0.25) is 0 Å². The van der Waals surface area contributed by atoms with E-state index in [4.69, 9.17) is 19.2 Å². The van der Waals surface area contributed by atoms with Gasteiger partial charge in [0.25, 0.3) is 0 Å². The first-order valence-corrected chi connectivity index (χ1v) is 7.39. The number of hydrogen-bond acceptors (Lipinski definition) is 4. The minimum atomic E-state index is -0.657. The fourth-order valence-electron chi connectivity index (χ4n) is 4.56. The van der Waals surface area contributed by atoms with Gasteiger partial charge in [-0.15, -0.1) is 0 Å².